The number of ether oxygens (including phenoxy) is 3. The largest absolute Gasteiger partial charge is 0.444 e. The maximum Gasteiger partial charge on any atom is 0.412 e. The van der Waals surface area contributed by atoms with Crippen molar-refractivity contribution in [3.63, 3.8) is 0 Å². The van der Waals surface area contributed by atoms with Crippen molar-refractivity contribution < 1.29 is 52.1 Å². The van der Waals surface area contributed by atoms with E-state index in [1.165, 1.54) is 24.3 Å². The van der Waals surface area contributed by atoms with Gasteiger partial charge in [-0.3, -0.25) is 20.4 Å². The minimum absolute atomic E-state index is 0.0190. The van der Waals surface area contributed by atoms with E-state index in [0.717, 1.165) is 18.1 Å². The average Bonchev–Trinajstić information content (AvgIpc) is 3.11. The molecular weight excluding hydrogens is 763 g/mol. The second kappa shape index (κ2) is 22.5. The van der Waals surface area contributed by atoms with Crippen molar-refractivity contribution in [2.24, 2.45) is 21.8 Å². The first-order valence-corrected chi connectivity index (χ1v) is 19.9. The molecule has 0 aliphatic carbocycles. The number of aliphatic hydroxyl groups is 1. The van der Waals surface area contributed by atoms with Crippen molar-refractivity contribution in [2.75, 3.05) is 19.6 Å². The van der Waals surface area contributed by atoms with Gasteiger partial charge in [0, 0.05) is 13.1 Å². The van der Waals surface area contributed by atoms with Crippen molar-refractivity contribution in [1.29, 1.82) is 0 Å². The van der Waals surface area contributed by atoms with Gasteiger partial charge in [-0.2, -0.15) is 0 Å². The van der Waals surface area contributed by atoms with Crippen LogP contribution in [0.5, 0.6) is 0 Å². The van der Waals surface area contributed by atoms with Crippen LogP contribution < -0.4 is 27.0 Å². The van der Waals surface area contributed by atoms with Crippen molar-refractivity contribution in [3.05, 3.63) is 65.7 Å². The number of nitrogens with zero attached hydrogens (tertiary/aromatic N) is 2. The molecule has 0 spiro atoms. The number of hydrogen-bond donors (Lipinski definition) is 7. The summed E-state index contributed by atoms with van der Waals surface area (Å²) in [5.41, 5.74) is 4.76. The number of rotatable bonds is 21. The zero-order valence-corrected chi connectivity index (χ0v) is 34.2. The summed E-state index contributed by atoms with van der Waals surface area (Å²) in [6.07, 6.45) is -2.77. The van der Waals surface area contributed by atoms with Gasteiger partial charge in [-0.15, -0.1) is 0 Å². The molecule has 0 aliphatic heterocycles. The number of benzene rings is 2. The SMILES string of the molecule is CC(C)[C@@H](NC[C@@H](O)[C@H](Cc1ccccc1)NC(=O)[C@H](CCCN=CNC(=O)OC(C)(C)CNC(=O)OC(C)(C)C)OC(N)=O)S(=O)(=O)c1ccc(/C=N/O)cc1. The molecule has 0 aromatic heterocycles. The number of nitrogens with two attached hydrogens (primary N) is 1. The predicted molar refractivity (Wildman–Crippen MR) is 213 cm³/mol. The van der Waals surface area contributed by atoms with Gasteiger partial charge in [0.15, 0.2) is 15.9 Å². The lowest BCUT2D eigenvalue weighted by Gasteiger charge is -2.29. The molecule has 316 valence electrons. The first kappa shape index (κ1) is 47.9. The summed E-state index contributed by atoms with van der Waals surface area (Å²) in [6, 6.07) is 13.8. The van der Waals surface area contributed by atoms with Gasteiger partial charge >= 0.3 is 18.3 Å². The number of sulfone groups is 1. The van der Waals surface area contributed by atoms with E-state index >= 15 is 0 Å². The minimum atomic E-state index is -3.95. The number of carbonyl (C=O) groups is 4. The topological polar surface area (TPSA) is 269 Å². The van der Waals surface area contributed by atoms with Gasteiger partial charge in [-0.25, -0.2) is 22.8 Å². The standard InChI is InChI=1S/C38H57N7O11S/c1-25(2)33(57(52,53)28-17-15-27(16-18-28)21-44-51)41-22-30(46)29(20-26-12-9-8-10-13-26)45-32(47)31(54-34(39)48)14-11-19-40-24-43-36(50)56-38(6,7)23-42-35(49)55-37(3,4)5/h8-10,12-13,15-18,21,24-25,29-31,33,41,46,51H,11,14,19-20,22-23H2,1-7H3,(H2,39,48)(H,42,49)(H,45,47)(H,40,43,50)/b44-21+/t29-,30+,31-,33-/m0/s1. The fourth-order valence-electron chi connectivity index (χ4n) is 5.30. The van der Waals surface area contributed by atoms with Gasteiger partial charge in [0.05, 0.1) is 36.1 Å². The number of carbonyl (C=O) groups excluding carboxylic acids is 4. The second-order valence-electron chi connectivity index (χ2n) is 15.1. The van der Waals surface area contributed by atoms with Gasteiger partial charge in [0.2, 0.25) is 0 Å². The Kier molecular flexibility index (Phi) is 18.9. The molecule has 0 unspecified atom stereocenters. The number of amides is 4. The first-order valence-electron chi connectivity index (χ1n) is 18.3. The van der Waals surface area contributed by atoms with Crippen LogP contribution in [0.1, 0.15) is 72.4 Å². The summed E-state index contributed by atoms with van der Waals surface area (Å²) < 4.78 is 42.8. The molecule has 18 nitrogen and oxygen atoms in total. The molecule has 19 heteroatoms. The van der Waals surface area contributed by atoms with Gasteiger partial charge in [-0.1, -0.05) is 61.5 Å². The van der Waals surface area contributed by atoms with E-state index in [1.54, 1.807) is 78.8 Å². The van der Waals surface area contributed by atoms with Gasteiger partial charge in [0.1, 0.15) is 16.6 Å². The number of oxime groups is 1. The Morgan fingerprint density at radius 3 is 2.18 bits per heavy atom. The highest BCUT2D eigenvalue weighted by Gasteiger charge is 2.33. The number of aliphatic hydroxyl groups excluding tert-OH is 1. The molecule has 57 heavy (non-hydrogen) atoms. The Hall–Kier alpha value is -5.27. The van der Waals surface area contributed by atoms with E-state index in [4.69, 9.17) is 25.2 Å². The summed E-state index contributed by atoms with van der Waals surface area (Å²) in [5, 5.41) is 32.6. The number of primary amides is 1. The monoisotopic (exact) mass is 819 g/mol. The average molecular weight is 820 g/mol. The maximum absolute atomic E-state index is 13.6. The van der Waals surface area contributed by atoms with Crippen LogP contribution in [0.25, 0.3) is 0 Å². The highest BCUT2D eigenvalue weighted by atomic mass is 32.2. The van der Waals surface area contributed by atoms with Crippen LogP contribution in [0.4, 0.5) is 14.4 Å². The van der Waals surface area contributed by atoms with Crippen LogP contribution >= 0.6 is 0 Å². The fraction of sp³-hybridized carbons (Fsp3) is 0.526. The van der Waals surface area contributed by atoms with E-state index < -0.39 is 74.8 Å². The fourth-order valence-corrected chi connectivity index (χ4v) is 7.14. The molecule has 4 amide bonds. The van der Waals surface area contributed by atoms with Crippen LogP contribution in [0.15, 0.2) is 69.6 Å². The Labute approximate surface area is 333 Å². The molecule has 0 radical (unpaired) electrons. The quantitative estimate of drug-likeness (QED) is 0.0239. The molecule has 0 saturated carbocycles. The van der Waals surface area contributed by atoms with Crippen LogP contribution in [0, 0.1) is 5.92 Å². The van der Waals surface area contributed by atoms with Crippen molar-refractivity contribution >= 4 is 46.6 Å². The molecule has 0 heterocycles. The number of alkyl carbamates (subject to hydrolysis) is 2. The van der Waals surface area contributed by atoms with Crippen molar-refractivity contribution in [1.82, 2.24) is 21.3 Å². The van der Waals surface area contributed by atoms with Gasteiger partial charge in [-0.05, 0) is 83.1 Å². The zero-order chi connectivity index (χ0) is 42.8. The molecule has 2 aromatic carbocycles. The lowest BCUT2D eigenvalue weighted by Crippen LogP contribution is -2.54. The Morgan fingerprint density at radius 2 is 1.60 bits per heavy atom. The number of aliphatic imine (C=N–C) groups is 1. The second-order valence-corrected chi connectivity index (χ2v) is 17.1. The molecule has 2 rings (SSSR count). The molecule has 0 aliphatic rings. The van der Waals surface area contributed by atoms with Crippen LogP contribution in [-0.2, 0) is 35.3 Å². The lowest BCUT2D eigenvalue weighted by atomic mass is 10.00. The first-order chi connectivity index (χ1) is 26.6. The Bertz CT molecular complexity index is 1770. The zero-order valence-electron chi connectivity index (χ0n) is 33.4. The lowest BCUT2D eigenvalue weighted by molar-refractivity contribution is -0.131. The Balaban J connectivity index is 2.06. The molecule has 8 N–H and O–H groups in total. The summed E-state index contributed by atoms with van der Waals surface area (Å²) in [7, 11) is -3.95. The third kappa shape index (κ3) is 18.0. The third-order valence-electron chi connectivity index (χ3n) is 7.98. The van der Waals surface area contributed by atoms with Crippen molar-refractivity contribution in [3.8, 4) is 0 Å². The van der Waals surface area contributed by atoms with E-state index in [1.807, 2.05) is 0 Å². The maximum atomic E-state index is 13.6. The van der Waals surface area contributed by atoms with E-state index in [-0.39, 0.29) is 43.8 Å². The van der Waals surface area contributed by atoms with Crippen molar-refractivity contribution in [2.45, 2.75) is 107 Å². The van der Waals surface area contributed by atoms with Crippen LogP contribution in [0.2, 0.25) is 0 Å². The molecule has 2 aromatic rings. The third-order valence-corrected chi connectivity index (χ3v) is 10.3. The highest BCUT2D eigenvalue weighted by Crippen LogP contribution is 2.21. The number of nitrogens with one attached hydrogen (secondary N) is 4. The molecular formula is C38H57N7O11S. The smallest absolute Gasteiger partial charge is 0.412 e. The van der Waals surface area contributed by atoms with Gasteiger partial charge in [0.25, 0.3) is 5.91 Å². The Morgan fingerprint density at radius 1 is 0.947 bits per heavy atom. The van der Waals surface area contributed by atoms with E-state index in [9.17, 15) is 32.7 Å². The molecule has 0 bridgehead atoms. The van der Waals surface area contributed by atoms with Gasteiger partial charge < -0.3 is 40.9 Å². The minimum Gasteiger partial charge on any atom is -0.444 e. The summed E-state index contributed by atoms with van der Waals surface area (Å²) >= 11 is 0. The van der Waals surface area contributed by atoms with Crippen LogP contribution in [-0.4, -0.2) is 110 Å². The summed E-state index contributed by atoms with van der Waals surface area (Å²) in [6.45, 7) is 11.6. The molecule has 4 atom stereocenters. The van der Waals surface area contributed by atoms with Crippen LogP contribution in [0.3, 0.4) is 0 Å². The normalized spacial score (nSPS) is 14.4. The highest BCUT2D eigenvalue weighted by molar-refractivity contribution is 7.92. The molecule has 0 saturated heterocycles. The van der Waals surface area contributed by atoms with E-state index in [2.05, 4.69) is 31.4 Å². The summed E-state index contributed by atoms with van der Waals surface area (Å²) in [4.78, 5) is 53.6. The number of hydrogen-bond acceptors (Lipinski definition) is 14. The predicted octanol–water partition coefficient (Wildman–Crippen LogP) is 3.23. The van der Waals surface area contributed by atoms with E-state index in [0.29, 0.717) is 5.56 Å². The summed E-state index contributed by atoms with van der Waals surface area (Å²) in [5.74, 6) is -1.18. The molecule has 0 fully saturated rings.